The normalized spacial score (nSPS) is 10.7. The van der Waals surface area contributed by atoms with Gasteiger partial charge in [0.25, 0.3) is 5.91 Å². The summed E-state index contributed by atoms with van der Waals surface area (Å²) in [5.41, 5.74) is 0.326. The summed E-state index contributed by atoms with van der Waals surface area (Å²) in [5.74, 6) is -0.617. The molecular weight excluding hydrogens is 301 g/mol. The Balaban J connectivity index is 1.93. The lowest BCUT2D eigenvalue weighted by Gasteiger charge is -2.03. The first-order valence-corrected chi connectivity index (χ1v) is 6.77. The SMILES string of the molecule is O=C(Nc1nsc2cccc(F)c12)c1ccc(Cl)nc1. The van der Waals surface area contributed by atoms with Crippen LogP contribution in [0.1, 0.15) is 10.4 Å². The number of anilines is 1. The van der Waals surface area contributed by atoms with Crippen LogP contribution in [0.25, 0.3) is 10.1 Å². The van der Waals surface area contributed by atoms with Crippen LogP contribution in [-0.4, -0.2) is 15.3 Å². The van der Waals surface area contributed by atoms with Crippen LogP contribution in [0.4, 0.5) is 10.2 Å². The molecule has 0 aliphatic carbocycles. The first kappa shape index (κ1) is 13.0. The molecule has 0 atom stereocenters. The van der Waals surface area contributed by atoms with Crippen molar-refractivity contribution in [1.29, 1.82) is 0 Å². The molecule has 1 aromatic carbocycles. The average Bonchev–Trinajstić information content (AvgIpc) is 2.84. The van der Waals surface area contributed by atoms with Crippen LogP contribution >= 0.6 is 23.1 Å². The first-order chi connectivity index (χ1) is 9.65. The van der Waals surface area contributed by atoms with Gasteiger partial charge >= 0.3 is 0 Å². The Labute approximate surface area is 122 Å². The summed E-state index contributed by atoms with van der Waals surface area (Å²) in [6.45, 7) is 0. The maximum absolute atomic E-state index is 13.8. The predicted octanol–water partition coefficient (Wildman–Crippen LogP) is 3.74. The Morgan fingerprint density at radius 2 is 2.15 bits per heavy atom. The van der Waals surface area contributed by atoms with Crippen molar-refractivity contribution in [3.63, 3.8) is 0 Å². The maximum atomic E-state index is 13.8. The minimum atomic E-state index is -0.416. The Hall–Kier alpha value is -2.05. The molecule has 0 saturated carbocycles. The van der Waals surface area contributed by atoms with E-state index in [1.54, 1.807) is 12.1 Å². The Bertz CT molecular complexity index is 788. The minimum Gasteiger partial charge on any atom is -0.305 e. The maximum Gasteiger partial charge on any atom is 0.258 e. The van der Waals surface area contributed by atoms with Crippen LogP contribution in [0.2, 0.25) is 5.15 Å². The number of aromatic nitrogens is 2. The number of rotatable bonds is 2. The van der Waals surface area contributed by atoms with E-state index in [2.05, 4.69) is 14.7 Å². The van der Waals surface area contributed by atoms with Crippen LogP contribution in [0.5, 0.6) is 0 Å². The van der Waals surface area contributed by atoms with Gasteiger partial charge in [0.1, 0.15) is 11.0 Å². The first-order valence-electron chi connectivity index (χ1n) is 5.62. The highest BCUT2D eigenvalue weighted by Gasteiger charge is 2.14. The third-order valence-corrected chi connectivity index (χ3v) is 3.70. The number of amides is 1. The van der Waals surface area contributed by atoms with Gasteiger partial charge in [-0.15, -0.1) is 0 Å². The molecule has 0 saturated heterocycles. The highest BCUT2D eigenvalue weighted by atomic mass is 35.5. The molecule has 0 spiro atoms. The number of halogens is 2. The van der Waals surface area contributed by atoms with E-state index < -0.39 is 11.7 Å². The molecule has 100 valence electrons. The summed E-state index contributed by atoms with van der Waals surface area (Å²) in [6.07, 6.45) is 1.35. The standard InChI is InChI=1S/C13H7ClFN3OS/c14-10-5-4-7(6-16-10)13(19)17-12-11-8(15)2-1-3-9(11)20-18-12/h1-6H,(H,17,18,19). The largest absolute Gasteiger partial charge is 0.305 e. The molecule has 0 radical (unpaired) electrons. The van der Waals surface area contributed by atoms with Gasteiger partial charge < -0.3 is 5.32 Å². The fraction of sp³-hybridized carbons (Fsp3) is 0. The zero-order valence-electron chi connectivity index (χ0n) is 9.93. The number of hydrogen-bond donors (Lipinski definition) is 1. The van der Waals surface area contributed by atoms with Crippen molar-refractivity contribution < 1.29 is 9.18 Å². The van der Waals surface area contributed by atoms with Crippen molar-refractivity contribution in [3.05, 3.63) is 53.1 Å². The van der Waals surface area contributed by atoms with Crippen molar-refractivity contribution in [2.75, 3.05) is 5.32 Å². The summed E-state index contributed by atoms with van der Waals surface area (Å²) in [5, 5.41) is 3.19. The minimum absolute atomic E-state index is 0.211. The van der Waals surface area contributed by atoms with Gasteiger partial charge in [-0.05, 0) is 35.8 Å². The van der Waals surface area contributed by atoms with Gasteiger partial charge in [0.15, 0.2) is 5.82 Å². The van der Waals surface area contributed by atoms with Gasteiger partial charge in [0.2, 0.25) is 0 Å². The molecule has 0 aliphatic heterocycles. The number of pyridine rings is 1. The van der Waals surface area contributed by atoms with Crippen molar-refractivity contribution in [3.8, 4) is 0 Å². The highest BCUT2D eigenvalue weighted by molar-refractivity contribution is 7.13. The summed E-state index contributed by atoms with van der Waals surface area (Å²) in [6, 6.07) is 7.72. The fourth-order valence-corrected chi connectivity index (χ4v) is 2.59. The molecular formula is C13H7ClFN3OS. The van der Waals surface area contributed by atoms with Gasteiger partial charge in [-0.2, -0.15) is 4.37 Å². The molecule has 1 N–H and O–H groups in total. The van der Waals surface area contributed by atoms with E-state index in [0.717, 1.165) is 11.5 Å². The van der Waals surface area contributed by atoms with E-state index in [0.29, 0.717) is 20.8 Å². The molecule has 1 amide bonds. The Morgan fingerprint density at radius 1 is 1.30 bits per heavy atom. The van der Waals surface area contributed by atoms with Crippen LogP contribution in [0, 0.1) is 5.82 Å². The van der Waals surface area contributed by atoms with Crippen LogP contribution in [0.3, 0.4) is 0 Å². The molecule has 3 aromatic rings. The number of nitrogens with one attached hydrogen (secondary N) is 1. The number of carbonyl (C=O) groups excluding carboxylic acids is 1. The van der Waals surface area contributed by atoms with E-state index in [4.69, 9.17) is 11.6 Å². The van der Waals surface area contributed by atoms with Crippen LogP contribution in [0.15, 0.2) is 36.5 Å². The number of hydrogen-bond acceptors (Lipinski definition) is 4. The van der Waals surface area contributed by atoms with E-state index in [1.807, 2.05) is 0 Å². The quantitative estimate of drug-likeness (QED) is 0.734. The molecule has 0 aliphatic rings. The molecule has 20 heavy (non-hydrogen) atoms. The second-order valence-electron chi connectivity index (χ2n) is 3.97. The highest BCUT2D eigenvalue weighted by Crippen LogP contribution is 2.29. The molecule has 4 nitrogen and oxygen atoms in total. The zero-order chi connectivity index (χ0) is 14.1. The van der Waals surface area contributed by atoms with Gasteiger partial charge in [-0.25, -0.2) is 9.37 Å². The molecule has 2 aromatic heterocycles. The van der Waals surface area contributed by atoms with Gasteiger partial charge in [-0.1, -0.05) is 17.7 Å². The Morgan fingerprint density at radius 3 is 2.90 bits per heavy atom. The van der Waals surface area contributed by atoms with Gasteiger partial charge in [0.05, 0.1) is 15.6 Å². The number of benzene rings is 1. The van der Waals surface area contributed by atoms with Gasteiger partial charge in [0, 0.05) is 6.20 Å². The zero-order valence-corrected chi connectivity index (χ0v) is 11.5. The summed E-state index contributed by atoms with van der Waals surface area (Å²) >= 11 is 6.78. The van der Waals surface area contributed by atoms with Crippen LogP contribution < -0.4 is 5.32 Å². The third kappa shape index (κ3) is 2.35. The lowest BCUT2D eigenvalue weighted by Crippen LogP contribution is -2.12. The third-order valence-electron chi connectivity index (χ3n) is 2.67. The predicted molar refractivity (Wildman–Crippen MR) is 76.8 cm³/mol. The van der Waals surface area contributed by atoms with E-state index in [9.17, 15) is 9.18 Å². The second kappa shape index (κ2) is 5.15. The monoisotopic (exact) mass is 307 g/mol. The molecule has 0 fully saturated rings. The topological polar surface area (TPSA) is 54.9 Å². The fourth-order valence-electron chi connectivity index (χ4n) is 1.73. The van der Waals surface area contributed by atoms with E-state index in [1.165, 1.54) is 24.4 Å². The lowest BCUT2D eigenvalue weighted by atomic mass is 10.2. The van der Waals surface area contributed by atoms with Crippen molar-refractivity contribution >= 4 is 44.9 Å². The molecule has 2 heterocycles. The lowest BCUT2D eigenvalue weighted by molar-refractivity contribution is 0.102. The van der Waals surface area contributed by atoms with Crippen molar-refractivity contribution in [2.24, 2.45) is 0 Å². The summed E-state index contributed by atoms with van der Waals surface area (Å²) < 4.78 is 18.5. The second-order valence-corrected chi connectivity index (χ2v) is 5.16. The summed E-state index contributed by atoms with van der Waals surface area (Å²) in [7, 11) is 0. The van der Waals surface area contributed by atoms with Crippen molar-refractivity contribution in [2.45, 2.75) is 0 Å². The smallest absolute Gasteiger partial charge is 0.258 e. The summed E-state index contributed by atoms with van der Waals surface area (Å²) in [4.78, 5) is 15.8. The van der Waals surface area contributed by atoms with E-state index >= 15 is 0 Å². The van der Waals surface area contributed by atoms with E-state index in [-0.39, 0.29) is 5.82 Å². The van der Waals surface area contributed by atoms with Gasteiger partial charge in [-0.3, -0.25) is 4.79 Å². The molecule has 0 bridgehead atoms. The molecule has 7 heteroatoms. The number of fused-ring (bicyclic) bond motifs is 1. The molecule has 3 rings (SSSR count). The Kier molecular flexibility index (Phi) is 3.33. The number of carbonyl (C=O) groups is 1. The van der Waals surface area contributed by atoms with Crippen LogP contribution in [-0.2, 0) is 0 Å². The number of nitrogens with zero attached hydrogens (tertiary/aromatic N) is 2. The van der Waals surface area contributed by atoms with Crippen molar-refractivity contribution in [1.82, 2.24) is 9.36 Å². The molecule has 0 unspecified atom stereocenters. The average molecular weight is 308 g/mol.